The summed E-state index contributed by atoms with van der Waals surface area (Å²) in [6, 6.07) is 14.2. The van der Waals surface area contributed by atoms with Gasteiger partial charge in [-0.05, 0) is 11.5 Å². The van der Waals surface area contributed by atoms with Gasteiger partial charge in [0.15, 0.2) is 5.82 Å². The lowest BCUT2D eigenvalue weighted by atomic mass is 10.1. The Morgan fingerprint density at radius 1 is 1.00 bits per heavy atom. The smallest absolute Gasteiger partial charge is 0.159 e. The summed E-state index contributed by atoms with van der Waals surface area (Å²) in [5.41, 5.74) is 7.11. The second kappa shape index (κ2) is 5.22. The second-order valence-electron chi connectivity index (χ2n) is 4.27. The average molecular weight is 280 g/mol. The van der Waals surface area contributed by atoms with Crippen LogP contribution < -0.4 is 11.1 Å². The highest BCUT2D eigenvalue weighted by molar-refractivity contribution is 7.80. The van der Waals surface area contributed by atoms with Crippen LogP contribution >= 0.6 is 12.2 Å². The van der Waals surface area contributed by atoms with Gasteiger partial charge < -0.3 is 11.1 Å². The molecule has 0 bridgehead atoms. The van der Waals surface area contributed by atoms with Crippen LogP contribution in [0.1, 0.15) is 5.69 Å². The zero-order valence-corrected chi connectivity index (χ0v) is 11.4. The summed E-state index contributed by atoms with van der Waals surface area (Å²) in [6.07, 6.45) is 3.18. The van der Waals surface area contributed by atoms with Crippen molar-refractivity contribution in [2.75, 3.05) is 5.32 Å². The maximum atomic E-state index is 5.67. The van der Waals surface area contributed by atoms with Crippen LogP contribution in [0.25, 0.3) is 10.8 Å². The predicted molar refractivity (Wildman–Crippen MR) is 85.2 cm³/mol. The van der Waals surface area contributed by atoms with E-state index < -0.39 is 0 Å². The van der Waals surface area contributed by atoms with Crippen LogP contribution in [0.5, 0.6) is 0 Å². The molecule has 3 rings (SSSR count). The first-order valence-corrected chi connectivity index (χ1v) is 6.52. The summed E-state index contributed by atoms with van der Waals surface area (Å²) in [7, 11) is 0. The number of thiocarbonyl (C=S) groups is 1. The van der Waals surface area contributed by atoms with Gasteiger partial charge in [0.25, 0.3) is 0 Å². The normalized spacial score (nSPS) is 10.4. The topological polar surface area (TPSA) is 63.8 Å². The highest BCUT2D eigenvalue weighted by Crippen LogP contribution is 2.26. The lowest BCUT2D eigenvalue weighted by Gasteiger charge is -2.11. The van der Waals surface area contributed by atoms with Gasteiger partial charge in [0.2, 0.25) is 0 Å². The van der Waals surface area contributed by atoms with Crippen LogP contribution in [0.3, 0.4) is 0 Å². The van der Waals surface area contributed by atoms with E-state index in [0.29, 0.717) is 11.5 Å². The molecule has 3 N–H and O–H groups in total. The predicted octanol–water partition coefficient (Wildman–Crippen LogP) is 3.01. The Bertz CT molecular complexity index is 780. The summed E-state index contributed by atoms with van der Waals surface area (Å²) >= 11 is 5.00. The molecule has 5 heteroatoms. The molecule has 0 atom stereocenters. The number of hydrogen-bond acceptors (Lipinski definition) is 4. The van der Waals surface area contributed by atoms with Crippen molar-refractivity contribution in [3.05, 3.63) is 60.6 Å². The van der Waals surface area contributed by atoms with Gasteiger partial charge in [-0.15, -0.1) is 0 Å². The van der Waals surface area contributed by atoms with Crippen molar-refractivity contribution in [2.24, 2.45) is 5.73 Å². The molecule has 0 saturated heterocycles. The van der Waals surface area contributed by atoms with Crippen LogP contribution in [0.2, 0.25) is 0 Å². The van der Waals surface area contributed by atoms with Crippen molar-refractivity contribution in [1.82, 2.24) is 9.97 Å². The molecule has 3 aromatic rings. The molecule has 4 nitrogen and oxygen atoms in total. The van der Waals surface area contributed by atoms with E-state index in [1.807, 2.05) is 24.3 Å². The van der Waals surface area contributed by atoms with E-state index in [4.69, 9.17) is 18.0 Å². The van der Waals surface area contributed by atoms with E-state index in [0.717, 1.165) is 16.5 Å². The average Bonchev–Trinajstić information content (AvgIpc) is 2.48. The van der Waals surface area contributed by atoms with Gasteiger partial charge in [-0.3, -0.25) is 0 Å². The molecular weight excluding hydrogens is 268 g/mol. The van der Waals surface area contributed by atoms with Crippen molar-refractivity contribution in [2.45, 2.75) is 0 Å². The number of nitrogens with two attached hydrogens (primary N) is 1. The van der Waals surface area contributed by atoms with Crippen LogP contribution in [-0.2, 0) is 0 Å². The molecule has 98 valence electrons. The van der Waals surface area contributed by atoms with E-state index in [1.54, 1.807) is 12.4 Å². The minimum Gasteiger partial charge on any atom is -0.388 e. The van der Waals surface area contributed by atoms with Crippen LogP contribution in [0.4, 0.5) is 11.5 Å². The van der Waals surface area contributed by atoms with Crippen LogP contribution in [-0.4, -0.2) is 15.0 Å². The van der Waals surface area contributed by atoms with Gasteiger partial charge in [0.05, 0.1) is 0 Å². The van der Waals surface area contributed by atoms with Gasteiger partial charge in [-0.2, -0.15) is 0 Å². The molecule has 0 saturated carbocycles. The van der Waals surface area contributed by atoms with Crippen LogP contribution in [0.15, 0.2) is 54.9 Å². The molecule has 1 heterocycles. The third kappa shape index (κ3) is 2.31. The summed E-state index contributed by atoms with van der Waals surface area (Å²) < 4.78 is 0. The van der Waals surface area contributed by atoms with E-state index >= 15 is 0 Å². The first-order chi connectivity index (χ1) is 9.75. The van der Waals surface area contributed by atoms with Gasteiger partial charge in [-0.1, -0.05) is 48.6 Å². The standard InChI is InChI=1S/C15H12N4S/c16-14(20)13-15(18-9-8-17-13)19-12-7-3-5-10-4-1-2-6-11(10)12/h1-9H,(H2,16,20)(H,18,19). The Labute approximate surface area is 121 Å². The van der Waals surface area contributed by atoms with Gasteiger partial charge in [0, 0.05) is 23.5 Å². The minimum atomic E-state index is 0.223. The molecule has 20 heavy (non-hydrogen) atoms. The monoisotopic (exact) mass is 280 g/mol. The summed E-state index contributed by atoms with van der Waals surface area (Å²) in [5, 5.41) is 5.51. The first kappa shape index (κ1) is 12.5. The zero-order chi connectivity index (χ0) is 13.9. The fraction of sp³-hybridized carbons (Fsp3) is 0. The quantitative estimate of drug-likeness (QED) is 0.722. The molecule has 0 amide bonds. The number of nitrogens with zero attached hydrogens (tertiary/aromatic N) is 2. The lowest BCUT2D eigenvalue weighted by molar-refractivity contribution is 1.18. The summed E-state index contributed by atoms with van der Waals surface area (Å²) in [4.78, 5) is 8.65. The number of rotatable bonds is 3. The number of aromatic nitrogens is 2. The number of anilines is 2. The van der Waals surface area contributed by atoms with Gasteiger partial charge in [0.1, 0.15) is 10.7 Å². The number of benzene rings is 2. The Kier molecular flexibility index (Phi) is 3.26. The molecular formula is C15H12N4S. The molecule has 2 aromatic carbocycles. The van der Waals surface area contributed by atoms with E-state index in [1.165, 1.54) is 0 Å². The van der Waals surface area contributed by atoms with E-state index in [2.05, 4.69) is 33.5 Å². The fourth-order valence-corrected chi connectivity index (χ4v) is 2.22. The first-order valence-electron chi connectivity index (χ1n) is 6.11. The van der Waals surface area contributed by atoms with Gasteiger partial charge >= 0.3 is 0 Å². The molecule has 0 aliphatic heterocycles. The number of nitrogens with one attached hydrogen (secondary N) is 1. The third-order valence-electron chi connectivity index (χ3n) is 2.97. The molecule has 0 spiro atoms. The second-order valence-corrected chi connectivity index (χ2v) is 4.71. The van der Waals surface area contributed by atoms with E-state index in [-0.39, 0.29) is 4.99 Å². The zero-order valence-electron chi connectivity index (χ0n) is 10.6. The van der Waals surface area contributed by atoms with E-state index in [9.17, 15) is 0 Å². The molecule has 0 fully saturated rings. The largest absolute Gasteiger partial charge is 0.388 e. The Morgan fingerprint density at radius 2 is 1.75 bits per heavy atom. The van der Waals surface area contributed by atoms with Crippen molar-refractivity contribution in [3.8, 4) is 0 Å². The fourth-order valence-electron chi connectivity index (χ4n) is 2.07. The summed E-state index contributed by atoms with van der Waals surface area (Å²) in [6.45, 7) is 0. The molecule has 0 aliphatic carbocycles. The molecule has 0 aliphatic rings. The molecule has 0 unspecified atom stereocenters. The molecule has 0 radical (unpaired) electrons. The van der Waals surface area contributed by atoms with Crippen molar-refractivity contribution >= 4 is 39.5 Å². The van der Waals surface area contributed by atoms with Gasteiger partial charge in [-0.25, -0.2) is 9.97 Å². The van der Waals surface area contributed by atoms with Crippen molar-refractivity contribution in [1.29, 1.82) is 0 Å². The summed E-state index contributed by atoms with van der Waals surface area (Å²) in [5.74, 6) is 0.566. The van der Waals surface area contributed by atoms with Crippen molar-refractivity contribution in [3.63, 3.8) is 0 Å². The Morgan fingerprint density at radius 3 is 2.60 bits per heavy atom. The highest BCUT2D eigenvalue weighted by atomic mass is 32.1. The minimum absolute atomic E-state index is 0.223. The number of fused-ring (bicyclic) bond motifs is 1. The lowest BCUT2D eigenvalue weighted by Crippen LogP contribution is -2.15. The number of hydrogen-bond donors (Lipinski definition) is 2. The Balaban J connectivity index is 2.08. The van der Waals surface area contributed by atoms with Crippen LogP contribution in [0, 0.1) is 0 Å². The maximum absolute atomic E-state index is 5.67. The maximum Gasteiger partial charge on any atom is 0.159 e. The SMILES string of the molecule is NC(=S)c1nccnc1Nc1cccc2ccccc12. The third-order valence-corrected chi connectivity index (χ3v) is 3.17. The Hall–Kier alpha value is -2.53. The van der Waals surface area contributed by atoms with Crippen molar-refractivity contribution < 1.29 is 0 Å². The highest BCUT2D eigenvalue weighted by Gasteiger charge is 2.09. The molecule has 1 aromatic heterocycles.